The number of rotatable bonds is 4. The lowest BCUT2D eigenvalue weighted by atomic mass is 9.84. The molecule has 4 rings (SSSR count). The Labute approximate surface area is 164 Å². The van der Waals surface area contributed by atoms with Gasteiger partial charge in [0.2, 0.25) is 0 Å². The highest BCUT2D eigenvalue weighted by Gasteiger charge is 2.15. The highest BCUT2D eigenvalue weighted by atomic mass is 35.5. The average molecular weight is 385 g/mol. The van der Waals surface area contributed by atoms with E-state index in [1.165, 1.54) is 37.7 Å². The molecule has 0 amide bonds. The molecule has 2 nitrogen and oxygen atoms in total. The smallest absolute Gasteiger partial charge is 0.111 e. The Morgan fingerprint density at radius 1 is 0.923 bits per heavy atom. The normalized spacial score (nSPS) is 15.3. The third kappa shape index (κ3) is 3.97. The minimum Gasteiger partial charge on any atom is -0.348 e. The van der Waals surface area contributed by atoms with Gasteiger partial charge in [-0.05, 0) is 42.0 Å². The Balaban J connectivity index is 1.47. The van der Waals surface area contributed by atoms with Crippen molar-refractivity contribution in [1.29, 1.82) is 0 Å². The van der Waals surface area contributed by atoms with Crippen molar-refractivity contribution < 1.29 is 0 Å². The zero-order valence-electron chi connectivity index (χ0n) is 14.6. The van der Waals surface area contributed by atoms with Crippen LogP contribution in [-0.2, 0) is 6.42 Å². The lowest BCUT2D eigenvalue weighted by molar-refractivity contribution is 0.443. The van der Waals surface area contributed by atoms with Gasteiger partial charge in [0.25, 0.3) is 0 Å². The quantitative estimate of drug-likeness (QED) is 0.513. The summed E-state index contributed by atoms with van der Waals surface area (Å²) in [5.41, 5.74) is 4.70. The fourth-order valence-corrected chi connectivity index (χ4v) is 4.13. The summed E-state index contributed by atoms with van der Waals surface area (Å²) in [7, 11) is 0. The maximum absolute atomic E-state index is 6.10. The number of imidazole rings is 1. The van der Waals surface area contributed by atoms with E-state index in [-0.39, 0.29) is 0 Å². The van der Waals surface area contributed by atoms with Crippen molar-refractivity contribution in [2.75, 3.05) is 0 Å². The Kier molecular flexibility index (Phi) is 5.33. The van der Waals surface area contributed by atoms with E-state index in [1.54, 1.807) is 0 Å². The molecule has 0 atom stereocenters. The summed E-state index contributed by atoms with van der Waals surface area (Å²) in [6.07, 6.45) is 9.46. The minimum absolute atomic E-state index is 0.577. The van der Waals surface area contributed by atoms with Crippen molar-refractivity contribution in [1.82, 2.24) is 9.97 Å². The molecule has 4 heteroatoms. The van der Waals surface area contributed by atoms with Crippen LogP contribution < -0.4 is 0 Å². The molecule has 1 aromatic heterocycles. The van der Waals surface area contributed by atoms with Gasteiger partial charge in [0, 0.05) is 18.2 Å². The molecular weight excluding hydrogens is 363 g/mol. The molecule has 1 fully saturated rings. The van der Waals surface area contributed by atoms with E-state index in [4.69, 9.17) is 28.2 Å². The second-order valence-corrected chi connectivity index (χ2v) is 7.93. The van der Waals surface area contributed by atoms with Crippen LogP contribution in [0.3, 0.4) is 0 Å². The highest BCUT2D eigenvalue weighted by Crippen LogP contribution is 2.33. The standard InChI is InChI=1S/C22H22Cl2N2/c23-19-11-6-15(12-20(19)24)13-22-25-14-21(26-22)18-9-7-17(8-10-18)16-4-2-1-3-5-16/h6-12,14,16H,1-5,13H2,(H,25,26). The lowest BCUT2D eigenvalue weighted by Crippen LogP contribution is -2.04. The van der Waals surface area contributed by atoms with E-state index in [0.717, 1.165) is 28.6 Å². The molecule has 3 aromatic rings. The van der Waals surface area contributed by atoms with Crippen LogP contribution in [0.25, 0.3) is 11.3 Å². The monoisotopic (exact) mass is 384 g/mol. The van der Waals surface area contributed by atoms with Crippen LogP contribution in [0.5, 0.6) is 0 Å². The van der Waals surface area contributed by atoms with Gasteiger partial charge in [0.1, 0.15) is 5.82 Å². The molecule has 0 radical (unpaired) electrons. The topological polar surface area (TPSA) is 28.7 Å². The van der Waals surface area contributed by atoms with Gasteiger partial charge in [-0.3, -0.25) is 0 Å². The molecule has 1 aliphatic carbocycles. The van der Waals surface area contributed by atoms with Crippen LogP contribution in [0, 0.1) is 0 Å². The third-order valence-electron chi connectivity index (χ3n) is 5.27. The molecule has 134 valence electrons. The molecule has 0 bridgehead atoms. The van der Waals surface area contributed by atoms with E-state index >= 15 is 0 Å². The van der Waals surface area contributed by atoms with E-state index in [9.17, 15) is 0 Å². The minimum atomic E-state index is 0.577. The molecule has 1 aliphatic rings. The van der Waals surface area contributed by atoms with Crippen LogP contribution >= 0.6 is 23.2 Å². The third-order valence-corrected chi connectivity index (χ3v) is 6.01. The zero-order chi connectivity index (χ0) is 17.9. The van der Waals surface area contributed by atoms with Crippen molar-refractivity contribution in [2.24, 2.45) is 0 Å². The number of hydrogen-bond donors (Lipinski definition) is 1. The summed E-state index contributed by atoms with van der Waals surface area (Å²) in [6.45, 7) is 0. The van der Waals surface area contributed by atoms with E-state index in [0.29, 0.717) is 16.5 Å². The fourth-order valence-electron chi connectivity index (χ4n) is 3.80. The van der Waals surface area contributed by atoms with E-state index in [2.05, 4.69) is 29.2 Å². The van der Waals surface area contributed by atoms with Crippen LogP contribution in [0.4, 0.5) is 0 Å². The largest absolute Gasteiger partial charge is 0.348 e. The second kappa shape index (κ2) is 7.85. The first kappa shape index (κ1) is 17.6. The molecule has 1 heterocycles. The summed E-state index contributed by atoms with van der Waals surface area (Å²) in [6, 6.07) is 14.6. The number of hydrogen-bond acceptors (Lipinski definition) is 1. The number of halogens is 2. The second-order valence-electron chi connectivity index (χ2n) is 7.11. The maximum Gasteiger partial charge on any atom is 0.111 e. The predicted octanol–water partition coefficient (Wildman–Crippen LogP) is 7.02. The van der Waals surface area contributed by atoms with Crippen LogP contribution in [-0.4, -0.2) is 9.97 Å². The molecule has 1 saturated carbocycles. The van der Waals surface area contributed by atoms with Crippen LogP contribution in [0.1, 0.15) is 55.0 Å². The van der Waals surface area contributed by atoms with Crippen molar-refractivity contribution >= 4 is 23.2 Å². The number of aromatic nitrogens is 2. The summed E-state index contributed by atoms with van der Waals surface area (Å²) >= 11 is 12.1. The van der Waals surface area contributed by atoms with Crippen molar-refractivity contribution in [3.8, 4) is 11.3 Å². The molecule has 0 aliphatic heterocycles. The Bertz CT molecular complexity index is 877. The molecular formula is C22H22Cl2N2. The SMILES string of the molecule is Clc1ccc(Cc2nc(-c3ccc(C4CCCCC4)cc3)c[nH]2)cc1Cl. The Morgan fingerprint density at radius 3 is 2.42 bits per heavy atom. The molecule has 2 aromatic carbocycles. The lowest BCUT2D eigenvalue weighted by Gasteiger charge is -2.22. The summed E-state index contributed by atoms with van der Waals surface area (Å²) in [4.78, 5) is 8.02. The zero-order valence-corrected chi connectivity index (χ0v) is 16.2. The van der Waals surface area contributed by atoms with Gasteiger partial charge in [0.05, 0.1) is 15.7 Å². The molecule has 0 unspecified atom stereocenters. The summed E-state index contributed by atoms with van der Waals surface area (Å²) < 4.78 is 0. The predicted molar refractivity (Wildman–Crippen MR) is 109 cm³/mol. The van der Waals surface area contributed by atoms with Gasteiger partial charge in [-0.15, -0.1) is 0 Å². The first-order valence-electron chi connectivity index (χ1n) is 9.27. The van der Waals surface area contributed by atoms with Crippen molar-refractivity contribution in [3.63, 3.8) is 0 Å². The first-order valence-corrected chi connectivity index (χ1v) is 10.0. The van der Waals surface area contributed by atoms with Gasteiger partial charge in [-0.2, -0.15) is 0 Å². The van der Waals surface area contributed by atoms with Crippen molar-refractivity contribution in [2.45, 2.75) is 44.4 Å². The first-order chi connectivity index (χ1) is 12.7. The number of H-pyrrole nitrogens is 1. The maximum atomic E-state index is 6.10. The number of benzene rings is 2. The van der Waals surface area contributed by atoms with Gasteiger partial charge < -0.3 is 4.98 Å². The highest BCUT2D eigenvalue weighted by molar-refractivity contribution is 6.42. The molecule has 0 saturated heterocycles. The van der Waals surface area contributed by atoms with Crippen LogP contribution in [0.15, 0.2) is 48.7 Å². The van der Waals surface area contributed by atoms with Gasteiger partial charge in [0.15, 0.2) is 0 Å². The number of nitrogens with zero attached hydrogens (tertiary/aromatic N) is 1. The molecule has 0 spiro atoms. The van der Waals surface area contributed by atoms with Gasteiger partial charge in [-0.25, -0.2) is 4.98 Å². The molecule has 1 N–H and O–H groups in total. The fraction of sp³-hybridized carbons (Fsp3) is 0.318. The summed E-state index contributed by atoms with van der Waals surface area (Å²) in [5, 5.41) is 1.16. The molecule has 26 heavy (non-hydrogen) atoms. The Morgan fingerprint density at radius 2 is 1.69 bits per heavy atom. The van der Waals surface area contributed by atoms with Crippen LogP contribution in [0.2, 0.25) is 10.0 Å². The van der Waals surface area contributed by atoms with Crippen molar-refractivity contribution in [3.05, 3.63) is 75.7 Å². The van der Waals surface area contributed by atoms with Gasteiger partial charge >= 0.3 is 0 Å². The summed E-state index contributed by atoms with van der Waals surface area (Å²) in [5.74, 6) is 1.66. The number of nitrogens with one attached hydrogen (secondary N) is 1. The number of aromatic amines is 1. The van der Waals surface area contributed by atoms with Gasteiger partial charge in [-0.1, -0.05) is 72.8 Å². The average Bonchev–Trinajstić information content (AvgIpc) is 3.14. The van der Waals surface area contributed by atoms with E-state index in [1.807, 2.05) is 24.4 Å². The van der Waals surface area contributed by atoms with E-state index < -0.39 is 0 Å². The Hall–Kier alpha value is -1.77.